The maximum Gasteiger partial charge on any atom is 0.222 e. The SMILES string of the molecule is CCC(=O)N1CCCC1c1cccc(-n2ccnc2CC)n1. The third-order valence-electron chi connectivity index (χ3n) is 4.25. The lowest BCUT2D eigenvalue weighted by molar-refractivity contribution is -0.131. The molecular formula is C17H22N4O. The standard InChI is InChI=1S/C17H22N4O/c1-3-15-18-10-12-21(15)16-9-5-7-13(19-16)14-8-6-11-20(14)17(22)4-2/h5,7,9-10,12,14H,3-4,6,8,11H2,1-2H3. The maximum absolute atomic E-state index is 12.1. The number of aryl methyl sites for hydroxylation is 1. The Balaban J connectivity index is 1.93. The summed E-state index contributed by atoms with van der Waals surface area (Å²) in [6.45, 7) is 4.84. The summed E-state index contributed by atoms with van der Waals surface area (Å²) in [6, 6.07) is 6.15. The van der Waals surface area contributed by atoms with Crippen LogP contribution in [-0.4, -0.2) is 31.9 Å². The molecule has 2 aromatic heterocycles. The van der Waals surface area contributed by atoms with Gasteiger partial charge in [0.2, 0.25) is 5.91 Å². The molecule has 0 saturated carbocycles. The van der Waals surface area contributed by atoms with Gasteiger partial charge in [0.25, 0.3) is 0 Å². The molecule has 0 spiro atoms. The van der Waals surface area contributed by atoms with E-state index in [0.29, 0.717) is 6.42 Å². The Hall–Kier alpha value is -2.17. The number of aromatic nitrogens is 3. The van der Waals surface area contributed by atoms with Gasteiger partial charge in [-0.25, -0.2) is 9.97 Å². The second-order valence-electron chi connectivity index (χ2n) is 5.59. The number of nitrogens with zero attached hydrogens (tertiary/aromatic N) is 4. The van der Waals surface area contributed by atoms with Crippen LogP contribution in [0.1, 0.15) is 50.7 Å². The molecule has 2 aromatic rings. The van der Waals surface area contributed by atoms with Gasteiger partial charge in [0.05, 0.1) is 11.7 Å². The highest BCUT2D eigenvalue weighted by Gasteiger charge is 2.30. The Morgan fingerprint density at radius 1 is 1.36 bits per heavy atom. The van der Waals surface area contributed by atoms with Gasteiger partial charge in [-0.2, -0.15) is 0 Å². The first kappa shape index (κ1) is 14.8. The van der Waals surface area contributed by atoms with Crippen LogP contribution in [0.3, 0.4) is 0 Å². The molecule has 1 aliphatic rings. The fourth-order valence-corrected chi connectivity index (χ4v) is 3.14. The normalized spacial score (nSPS) is 17.9. The summed E-state index contributed by atoms with van der Waals surface area (Å²) in [7, 11) is 0. The van der Waals surface area contributed by atoms with Crippen LogP contribution in [0.4, 0.5) is 0 Å². The summed E-state index contributed by atoms with van der Waals surface area (Å²) in [5, 5.41) is 0. The summed E-state index contributed by atoms with van der Waals surface area (Å²) in [5.41, 5.74) is 0.979. The molecule has 0 aliphatic carbocycles. The Labute approximate surface area is 131 Å². The summed E-state index contributed by atoms with van der Waals surface area (Å²) >= 11 is 0. The first-order valence-corrected chi connectivity index (χ1v) is 8.03. The lowest BCUT2D eigenvalue weighted by Crippen LogP contribution is -2.30. The summed E-state index contributed by atoms with van der Waals surface area (Å²) < 4.78 is 2.02. The largest absolute Gasteiger partial charge is 0.334 e. The molecule has 0 aromatic carbocycles. The summed E-state index contributed by atoms with van der Waals surface area (Å²) in [5.74, 6) is 2.09. The monoisotopic (exact) mass is 298 g/mol. The third-order valence-corrected chi connectivity index (χ3v) is 4.25. The van der Waals surface area contributed by atoms with Gasteiger partial charge in [-0.15, -0.1) is 0 Å². The molecule has 0 N–H and O–H groups in total. The van der Waals surface area contributed by atoms with Crippen LogP contribution in [0, 0.1) is 0 Å². The smallest absolute Gasteiger partial charge is 0.222 e. The zero-order chi connectivity index (χ0) is 15.5. The molecule has 0 radical (unpaired) electrons. The quantitative estimate of drug-likeness (QED) is 0.872. The molecule has 1 amide bonds. The molecule has 0 bridgehead atoms. The number of rotatable bonds is 4. The minimum absolute atomic E-state index is 0.112. The van der Waals surface area contributed by atoms with Gasteiger partial charge in [-0.05, 0) is 25.0 Å². The Kier molecular flexibility index (Phi) is 4.22. The second kappa shape index (κ2) is 6.30. The van der Waals surface area contributed by atoms with E-state index in [1.165, 1.54) is 0 Å². The van der Waals surface area contributed by atoms with Crippen molar-refractivity contribution in [1.29, 1.82) is 0 Å². The lowest BCUT2D eigenvalue weighted by atomic mass is 10.1. The van der Waals surface area contributed by atoms with E-state index in [4.69, 9.17) is 4.98 Å². The topological polar surface area (TPSA) is 51.0 Å². The first-order chi connectivity index (χ1) is 10.7. The number of amides is 1. The van der Waals surface area contributed by atoms with E-state index in [9.17, 15) is 4.79 Å². The first-order valence-electron chi connectivity index (χ1n) is 8.03. The Morgan fingerprint density at radius 2 is 2.23 bits per heavy atom. The van der Waals surface area contributed by atoms with E-state index in [-0.39, 0.29) is 11.9 Å². The number of hydrogen-bond donors (Lipinski definition) is 0. The van der Waals surface area contributed by atoms with Gasteiger partial charge >= 0.3 is 0 Å². The molecule has 5 nitrogen and oxygen atoms in total. The van der Waals surface area contributed by atoms with Gasteiger partial charge < -0.3 is 4.90 Å². The molecule has 22 heavy (non-hydrogen) atoms. The van der Waals surface area contributed by atoms with Crippen LogP contribution in [0.5, 0.6) is 0 Å². The zero-order valence-corrected chi connectivity index (χ0v) is 13.2. The van der Waals surface area contributed by atoms with Crippen molar-refractivity contribution >= 4 is 5.91 Å². The Morgan fingerprint density at radius 3 is 3.00 bits per heavy atom. The number of pyridine rings is 1. The van der Waals surface area contributed by atoms with E-state index < -0.39 is 0 Å². The molecule has 1 aliphatic heterocycles. The van der Waals surface area contributed by atoms with E-state index in [2.05, 4.69) is 11.9 Å². The molecule has 3 rings (SSSR count). The van der Waals surface area contributed by atoms with Crippen molar-refractivity contribution in [2.24, 2.45) is 0 Å². The van der Waals surface area contributed by atoms with Crippen molar-refractivity contribution < 1.29 is 4.79 Å². The minimum atomic E-state index is 0.112. The van der Waals surface area contributed by atoms with Crippen LogP contribution in [-0.2, 0) is 11.2 Å². The molecule has 116 valence electrons. The maximum atomic E-state index is 12.1. The predicted octanol–water partition coefficient (Wildman–Crippen LogP) is 2.90. The van der Waals surface area contributed by atoms with Gasteiger partial charge in [0, 0.05) is 31.8 Å². The van der Waals surface area contributed by atoms with E-state index in [0.717, 1.165) is 43.1 Å². The van der Waals surface area contributed by atoms with Crippen LogP contribution in [0.15, 0.2) is 30.6 Å². The molecule has 5 heteroatoms. The van der Waals surface area contributed by atoms with Crippen LogP contribution >= 0.6 is 0 Å². The molecule has 1 saturated heterocycles. The van der Waals surface area contributed by atoms with Gasteiger partial charge in [-0.1, -0.05) is 19.9 Å². The van der Waals surface area contributed by atoms with E-state index in [1.54, 1.807) is 6.20 Å². The summed E-state index contributed by atoms with van der Waals surface area (Å²) in [4.78, 5) is 23.2. The van der Waals surface area contributed by atoms with Crippen molar-refractivity contribution in [3.05, 3.63) is 42.1 Å². The highest BCUT2D eigenvalue weighted by molar-refractivity contribution is 5.76. The molecule has 1 unspecified atom stereocenters. The average molecular weight is 298 g/mol. The van der Waals surface area contributed by atoms with Gasteiger partial charge in [0.15, 0.2) is 0 Å². The fourth-order valence-electron chi connectivity index (χ4n) is 3.14. The number of carbonyl (C=O) groups excluding carboxylic acids is 1. The molecule has 1 fully saturated rings. The number of carbonyl (C=O) groups is 1. The van der Waals surface area contributed by atoms with Crippen LogP contribution < -0.4 is 0 Å². The highest BCUT2D eigenvalue weighted by atomic mass is 16.2. The number of hydrogen-bond acceptors (Lipinski definition) is 3. The lowest BCUT2D eigenvalue weighted by Gasteiger charge is -2.24. The third kappa shape index (κ3) is 2.63. The Bertz CT molecular complexity index is 664. The zero-order valence-electron chi connectivity index (χ0n) is 13.2. The fraction of sp³-hybridized carbons (Fsp3) is 0.471. The van der Waals surface area contributed by atoms with Crippen LogP contribution in [0.2, 0.25) is 0 Å². The van der Waals surface area contributed by atoms with Crippen molar-refractivity contribution in [3.8, 4) is 5.82 Å². The predicted molar refractivity (Wildman–Crippen MR) is 84.7 cm³/mol. The van der Waals surface area contributed by atoms with E-state index in [1.807, 2.05) is 40.8 Å². The van der Waals surface area contributed by atoms with Gasteiger partial charge in [-0.3, -0.25) is 9.36 Å². The number of imidazole rings is 1. The molecule has 3 heterocycles. The van der Waals surface area contributed by atoms with Gasteiger partial charge in [0.1, 0.15) is 11.6 Å². The molecular weight excluding hydrogens is 276 g/mol. The molecule has 1 atom stereocenters. The van der Waals surface area contributed by atoms with E-state index >= 15 is 0 Å². The average Bonchev–Trinajstić information content (AvgIpc) is 3.22. The number of likely N-dealkylation sites (tertiary alicyclic amines) is 1. The van der Waals surface area contributed by atoms with Crippen LogP contribution in [0.25, 0.3) is 5.82 Å². The summed E-state index contributed by atoms with van der Waals surface area (Å²) in [6.07, 6.45) is 7.20. The second-order valence-corrected chi connectivity index (χ2v) is 5.59. The van der Waals surface area contributed by atoms with Crippen molar-refractivity contribution in [3.63, 3.8) is 0 Å². The van der Waals surface area contributed by atoms with Crippen molar-refractivity contribution in [2.75, 3.05) is 6.54 Å². The van der Waals surface area contributed by atoms with Crippen molar-refractivity contribution in [1.82, 2.24) is 19.4 Å². The van der Waals surface area contributed by atoms with Crippen molar-refractivity contribution in [2.45, 2.75) is 45.6 Å². The highest BCUT2D eigenvalue weighted by Crippen LogP contribution is 2.31. The minimum Gasteiger partial charge on any atom is -0.334 e.